The Morgan fingerprint density at radius 1 is 1.09 bits per heavy atom. The SMILES string of the molecule is CC(C)(C)OC(=O)N1CC2CC2C[C@@H]1CO[Si](C)(C)C(C)(C)C. The van der Waals surface area contributed by atoms with Crippen molar-refractivity contribution in [1.82, 2.24) is 4.90 Å². The summed E-state index contributed by atoms with van der Waals surface area (Å²) in [7, 11) is -1.79. The van der Waals surface area contributed by atoms with E-state index in [4.69, 9.17) is 9.16 Å². The van der Waals surface area contributed by atoms with Crippen LogP contribution in [0.4, 0.5) is 4.79 Å². The molecule has 4 nitrogen and oxygen atoms in total. The van der Waals surface area contributed by atoms with Crippen molar-refractivity contribution < 1.29 is 14.0 Å². The summed E-state index contributed by atoms with van der Waals surface area (Å²) >= 11 is 0. The minimum Gasteiger partial charge on any atom is -0.444 e. The second kappa shape index (κ2) is 6.07. The van der Waals surface area contributed by atoms with Gasteiger partial charge in [-0.05, 0) is 63.6 Å². The molecule has 1 aliphatic heterocycles. The molecule has 1 saturated heterocycles. The quantitative estimate of drug-likeness (QED) is 0.701. The summed E-state index contributed by atoms with van der Waals surface area (Å²) in [4.78, 5) is 14.5. The molecule has 1 heterocycles. The average Bonchev–Trinajstić information content (AvgIpc) is 3.09. The third kappa shape index (κ3) is 4.72. The van der Waals surface area contributed by atoms with Crippen LogP contribution in [0.25, 0.3) is 0 Å². The predicted molar refractivity (Wildman–Crippen MR) is 96.1 cm³/mol. The Labute approximate surface area is 143 Å². The van der Waals surface area contributed by atoms with Crippen molar-refractivity contribution in [1.29, 1.82) is 0 Å². The Balaban J connectivity index is 2.01. The smallest absolute Gasteiger partial charge is 0.410 e. The lowest BCUT2D eigenvalue weighted by molar-refractivity contribution is 0.00138. The highest BCUT2D eigenvalue weighted by Crippen LogP contribution is 2.47. The van der Waals surface area contributed by atoms with Crippen LogP contribution in [0.3, 0.4) is 0 Å². The Kier molecular flexibility index (Phi) is 4.95. The van der Waals surface area contributed by atoms with Gasteiger partial charge in [-0.25, -0.2) is 4.79 Å². The molecule has 134 valence electrons. The second-order valence-electron chi connectivity index (χ2n) is 9.85. The molecule has 0 aromatic rings. The summed E-state index contributed by atoms with van der Waals surface area (Å²) < 4.78 is 12.0. The minimum atomic E-state index is -1.79. The van der Waals surface area contributed by atoms with Gasteiger partial charge in [0.15, 0.2) is 8.32 Å². The van der Waals surface area contributed by atoms with E-state index in [-0.39, 0.29) is 17.2 Å². The third-order valence-corrected chi connectivity index (χ3v) is 10.1. The first-order valence-electron chi connectivity index (χ1n) is 8.94. The number of likely N-dealkylation sites (tertiary alicyclic amines) is 1. The van der Waals surface area contributed by atoms with Gasteiger partial charge in [0.25, 0.3) is 0 Å². The zero-order chi connectivity index (χ0) is 17.6. The summed E-state index contributed by atoms with van der Waals surface area (Å²) in [6.07, 6.45) is 2.15. The molecular weight excluding hydrogens is 306 g/mol. The number of carbonyl (C=O) groups excluding carboxylic acids is 1. The van der Waals surface area contributed by atoms with Gasteiger partial charge in [-0.15, -0.1) is 0 Å². The van der Waals surface area contributed by atoms with E-state index in [1.165, 1.54) is 6.42 Å². The van der Waals surface area contributed by atoms with Crippen molar-refractivity contribution in [3.05, 3.63) is 0 Å². The van der Waals surface area contributed by atoms with E-state index >= 15 is 0 Å². The van der Waals surface area contributed by atoms with Gasteiger partial charge in [-0.2, -0.15) is 0 Å². The van der Waals surface area contributed by atoms with Crippen LogP contribution >= 0.6 is 0 Å². The third-order valence-electron chi connectivity index (χ3n) is 5.59. The minimum absolute atomic E-state index is 0.169. The largest absolute Gasteiger partial charge is 0.444 e. The number of fused-ring (bicyclic) bond motifs is 1. The van der Waals surface area contributed by atoms with Crippen molar-refractivity contribution in [2.24, 2.45) is 11.8 Å². The van der Waals surface area contributed by atoms with Gasteiger partial charge in [0, 0.05) is 6.54 Å². The molecule has 23 heavy (non-hydrogen) atoms. The van der Waals surface area contributed by atoms with Crippen LogP contribution < -0.4 is 0 Å². The fourth-order valence-corrected chi connectivity index (χ4v) is 3.97. The van der Waals surface area contributed by atoms with Gasteiger partial charge in [0.05, 0.1) is 12.6 Å². The predicted octanol–water partition coefficient (Wildman–Crippen LogP) is 4.65. The standard InChI is InChI=1S/C18H35NO3Si/c1-17(2,3)22-16(20)19-11-14-9-13(14)10-15(19)12-21-23(7,8)18(4,5)6/h13-15H,9-12H2,1-8H3/t13?,14?,15-/m1/s1. The van der Waals surface area contributed by atoms with Crippen LogP contribution in [-0.4, -0.2) is 44.1 Å². The summed E-state index contributed by atoms with van der Waals surface area (Å²) in [6.45, 7) is 18.6. The summed E-state index contributed by atoms with van der Waals surface area (Å²) in [5, 5.41) is 0.195. The molecule has 3 atom stereocenters. The maximum Gasteiger partial charge on any atom is 0.410 e. The summed E-state index contributed by atoms with van der Waals surface area (Å²) in [6, 6.07) is 0.169. The van der Waals surface area contributed by atoms with Crippen LogP contribution in [0.1, 0.15) is 54.4 Å². The Morgan fingerprint density at radius 2 is 1.70 bits per heavy atom. The lowest BCUT2D eigenvalue weighted by Gasteiger charge is -2.41. The maximum absolute atomic E-state index is 12.6. The lowest BCUT2D eigenvalue weighted by Crippen LogP contribution is -2.51. The van der Waals surface area contributed by atoms with Crippen LogP contribution in [0, 0.1) is 11.8 Å². The fourth-order valence-electron chi connectivity index (χ4n) is 2.92. The van der Waals surface area contributed by atoms with Gasteiger partial charge < -0.3 is 14.1 Å². The number of ether oxygens (including phenoxy) is 1. The maximum atomic E-state index is 12.6. The number of rotatable bonds is 3. The molecule has 2 rings (SSSR count). The molecule has 0 N–H and O–H groups in total. The number of amides is 1. The molecule has 0 spiro atoms. The normalized spacial score (nSPS) is 28.3. The van der Waals surface area contributed by atoms with Crippen molar-refractivity contribution in [2.45, 2.75) is 84.2 Å². The molecule has 0 aromatic heterocycles. The lowest BCUT2D eigenvalue weighted by atomic mass is 10.0. The summed E-state index contributed by atoms with van der Waals surface area (Å²) in [5.74, 6) is 1.48. The number of hydrogen-bond acceptors (Lipinski definition) is 3. The molecule has 0 aromatic carbocycles. The first-order valence-corrected chi connectivity index (χ1v) is 11.8. The zero-order valence-corrected chi connectivity index (χ0v) is 17.2. The zero-order valence-electron chi connectivity index (χ0n) is 16.2. The molecule has 5 heteroatoms. The van der Waals surface area contributed by atoms with Crippen molar-refractivity contribution in [3.8, 4) is 0 Å². The molecule has 2 fully saturated rings. The van der Waals surface area contributed by atoms with Crippen LogP contribution in [0.2, 0.25) is 18.1 Å². The topological polar surface area (TPSA) is 38.8 Å². The van der Waals surface area contributed by atoms with Gasteiger partial charge in [0.1, 0.15) is 5.60 Å². The molecule has 1 saturated carbocycles. The Hall–Kier alpha value is -0.553. The van der Waals surface area contributed by atoms with E-state index in [1.807, 2.05) is 25.7 Å². The van der Waals surface area contributed by atoms with Crippen LogP contribution in [0.15, 0.2) is 0 Å². The molecule has 1 aliphatic carbocycles. The Bertz CT molecular complexity index is 450. The second-order valence-corrected chi connectivity index (χ2v) is 14.7. The van der Waals surface area contributed by atoms with Crippen LogP contribution in [-0.2, 0) is 9.16 Å². The molecule has 2 unspecified atom stereocenters. The average molecular weight is 342 g/mol. The molecule has 2 aliphatic rings. The summed E-state index contributed by atoms with van der Waals surface area (Å²) in [5.41, 5.74) is -0.442. The molecule has 1 amide bonds. The van der Waals surface area contributed by atoms with Crippen molar-refractivity contribution >= 4 is 14.4 Å². The Morgan fingerprint density at radius 3 is 2.22 bits per heavy atom. The first-order chi connectivity index (χ1) is 10.3. The van der Waals surface area contributed by atoms with E-state index in [0.29, 0.717) is 12.5 Å². The highest BCUT2D eigenvalue weighted by atomic mass is 28.4. The highest BCUT2D eigenvalue weighted by Gasteiger charge is 2.48. The van der Waals surface area contributed by atoms with E-state index < -0.39 is 13.9 Å². The van der Waals surface area contributed by atoms with Crippen molar-refractivity contribution in [3.63, 3.8) is 0 Å². The molecule has 0 bridgehead atoms. The van der Waals surface area contributed by atoms with Gasteiger partial charge in [-0.3, -0.25) is 0 Å². The van der Waals surface area contributed by atoms with E-state index in [2.05, 4.69) is 33.9 Å². The monoisotopic (exact) mass is 341 g/mol. The number of carbonyl (C=O) groups is 1. The molecular formula is C18H35NO3Si. The number of hydrogen-bond donors (Lipinski definition) is 0. The van der Waals surface area contributed by atoms with Crippen LogP contribution in [0.5, 0.6) is 0 Å². The molecule has 0 radical (unpaired) electrons. The van der Waals surface area contributed by atoms with E-state index in [9.17, 15) is 4.79 Å². The van der Waals surface area contributed by atoms with Crippen molar-refractivity contribution in [2.75, 3.05) is 13.2 Å². The van der Waals surface area contributed by atoms with E-state index in [0.717, 1.165) is 18.9 Å². The van der Waals surface area contributed by atoms with Gasteiger partial charge >= 0.3 is 6.09 Å². The number of nitrogens with zero attached hydrogens (tertiary/aromatic N) is 1. The van der Waals surface area contributed by atoms with E-state index in [1.54, 1.807) is 0 Å². The first kappa shape index (κ1) is 18.8. The number of piperidine rings is 1. The fraction of sp³-hybridized carbons (Fsp3) is 0.944. The van der Waals surface area contributed by atoms with Gasteiger partial charge in [0.2, 0.25) is 0 Å². The van der Waals surface area contributed by atoms with Gasteiger partial charge in [-0.1, -0.05) is 20.8 Å². The highest BCUT2D eigenvalue weighted by molar-refractivity contribution is 6.74.